The van der Waals surface area contributed by atoms with Crippen molar-refractivity contribution in [2.75, 3.05) is 23.4 Å². The van der Waals surface area contributed by atoms with Crippen molar-refractivity contribution >= 4 is 23.2 Å². The second-order valence-corrected chi connectivity index (χ2v) is 6.88. The van der Waals surface area contributed by atoms with Crippen LogP contribution in [0.5, 0.6) is 0 Å². The number of nitrogens with zero attached hydrogens (tertiary/aromatic N) is 2. The molecule has 3 heterocycles. The lowest BCUT2D eigenvalue weighted by molar-refractivity contribution is -0.127. The number of amides is 2. The quantitative estimate of drug-likeness (QED) is 0.896. The standard InChI is InChI=1S/C20H21N3O4/c1-22-9-2-4-15(19(22)25)18(24)21-14-7-6-13-8-10-23(16(13)12-14)20(26)17-5-3-11-27-17/h2,4,6-7,9,12,17H,3,5,8,10-11H2,1H3,(H,21,24). The van der Waals surface area contributed by atoms with Gasteiger partial charge in [-0.05, 0) is 49.1 Å². The van der Waals surface area contributed by atoms with Crippen molar-refractivity contribution in [2.45, 2.75) is 25.4 Å². The zero-order valence-electron chi connectivity index (χ0n) is 15.1. The lowest BCUT2D eigenvalue weighted by atomic mass is 10.1. The van der Waals surface area contributed by atoms with Crippen molar-refractivity contribution in [2.24, 2.45) is 7.05 Å². The van der Waals surface area contributed by atoms with Crippen LogP contribution >= 0.6 is 0 Å². The second kappa shape index (κ2) is 7.00. The number of hydrogen-bond donors (Lipinski definition) is 1. The minimum Gasteiger partial charge on any atom is -0.368 e. The third kappa shape index (κ3) is 3.26. The van der Waals surface area contributed by atoms with Gasteiger partial charge in [-0.1, -0.05) is 6.07 Å². The van der Waals surface area contributed by atoms with E-state index in [2.05, 4.69) is 5.32 Å². The van der Waals surface area contributed by atoms with Crippen molar-refractivity contribution in [3.63, 3.8) is 0 Å². The van der Waals surface area contributed by atoms with Gasteiger partial charge in [0.1, 0.15) is 11.7 Å². The second-order valence-electron chi connectivity index (χ2n) is 6.88. The molecular formula is C20H21N3O4. The van der Waals surface area contributed by atoms with Gasteiger partial charge in [-0.15, -0.1) is 0 Å². The van der Waals surface area contributed by atoms with E-state index in [0.717, 1.165) is 30.5 Å². The van der Waals surface area contributed by atoms with Crippen LogP contribution in [0, 0.1) is 0 Å². The summed E-state index contributed by atoms with van der Waals surface area (Å²) in [4.78, 5) is 39.1. The van der Waals surface area contributed by atoms with E-state index in [1.165, 1.54) is 10.6 Å². The Morgan fingerprint density at radius 1 is 1.26 bits per heavy atom. The van der Waals surface area contributed by atoms with E-state index in [1.54, 1.807) is 36.3 Å². The van der Waals surface area contributed by atoms with Gasteiger partial charge in [0.15, 0.2) is 0 Å². The third-order valence-corrected chi connectivity index (χ3v) is 5.08. The first kappa shape index (κ1) is 17.5. The maximum absolute atomic E-state index is 12.7. The highest BCUT2D eigenvalue weighted by atomic mass is 16.5. The predicted molar refractivity (Wildman–Crippen MR) is 101 cm³/mol. The molecule has 0 bridgehead atoms. The minimum absolute atomic E-state index is 0.0216. The topological polar surface area (TPSA) is 80.6 Å². The van der Waals surface area contributed by atoms with Gasteiger partial charge in [0.2, 0.25) is 0 Å². The molecule has 0 radical (unpaired) electrons. The highest BCUT2D eigenvalue weighted by molar-refractivity contribution is 6.05. The highest BCUT2D eigenvalue weighted by Gasteiger charge is 2.32. The first-order valence-electron chi connectivity index (χ1n) is 9.07. The van der Waals surface area contributed by atoms with E-state index in [-0.39, 0.29) is 23.1 Å². The van der Waals surface area contributed by atoms with Crippen LogP contribution in [0.2, 0.25) is 0 Å². The first-order valence-corrected chi connectivity index (χ1v) is 9.07. The van der Waals surface area contributed by atoms with Gasteiger partial charge < -0.3 is 19.5 Å². The van der Waals surface area contributed by atoms with Gasteiger partial charge in [-0.2, -0.15) is 0 Å². The number of ether oxygens (including phenoxy) is 1. The molecule has 4 rings (SSSR count). The molecule has 1 saturated heterocycles. The highest BCUT2D eigenvalue weighted by Crippen LogP contribution is 2.32. The molecule has 1 aromatic heterocycles. The van der Waals surface area contributed by atoms with Crippen molar-refractivity contribution in [3.05, 3.63) is 58.0 Å². The summed E-state index contributed by atoms with van der Waals surface area (Å²) in [6, 6.07) is 8.65. The fraction of sp³-hybridized carbons (Fsp3) is 0.350. The minimum atomic E-state index is -0.467. The molecule has 0 spiro atoms. The number of anilines is 2. The summed E-state index contributed by atoms with van der Waals surface area (Å²) < 4.78 is 6.88. The van der Waals surface area contributed by atoms with Crippen LogP contribution in [0.1, 0.15) is 28.8 Å². The van der Waals surface area contributed by atoms with Gasteiger partial charge in [-0.3, -0.25) is 14.4 Å². The number of rotatable bonds is 3. The van der Waals surface area contributed by atoms with Crippen LogP contribution < -0.4 is 15.8 Å². The van der Waals surface area contributed by atoms with Crippen LogP contribution in [0.25, 0.3) is 0 Å². The van der Waals surface area contributed by atoms with E-state index in [9.17, 15) is 14.4 Å². The largest absolute Gasteiger partial charge is 0.368 e. The smallest absolute Gasteiger partial charge is 0.263 e. The van der Waals surface area contributed by atoms with Crippen molar-refractivity contribution in [1.82, 2.24) is 4.57 Å². The number of aromatic nitrogens is 1. The number of carbonyl (C=O) groups is 2. The van der Waals surface area contributed by atoms with Crippen LogP contribution in [0.4, 0.5) is 11.4 Å². The average molecular weight is 367 g/mol. The number of nitrogens with one attached hydrogen (secondary N) is 1. The Bertz CT molecular complexity index is 960. The maximum Gasteiger partial charge on any atom is 0.263 e. The molecule has 1 aromatic carbocycles. The molecule has 0 aliphatic carbocycles. The Morgan fingerprint density at radius 2 is 2.11 bits per heavy atom. The fourth-order valence-corrected chi connectivity index (χ4v) is 3.60. The molecule has 140 valence electrons. The van der Waals surface area contributed by atoms with Crippen molar-refractivity contribution < 1.29 is 14.3 Å². The van der Waals surface area contributed by atoms with E-state index < -0.39 is 5.91 Å². The first-order chi connectivity index (χ1) is 13.0. The lowest BCUT2D eigenvalue weighted by Crippen LogP contribution is -2.37. The maximum atomic E-state index is 12.7. The zero-order chi connectivity index (χ0) is 19.0. The average Bonchev–Trinajstić information content (AvgIpc) is 3.33. The predicted octanol–water partition coefficient (Wildman–Crippen LogP) is 1.71. The lowest BCUT2D eigenvalue weighted by Gasteiger charge is -2.21. The zero-order valence-corrected chi connectivity index (χ0v) is 15.1. The molecule has 27 heavy (non-hydrogen) atoms. The molecule has 1 fully saturated rings. The Kier molecular flexibility index (Phi) is 4.53. The van der Waals surface area contributed by atoms with Crippen molar-refractivity contribution in [3.8, 4) is 0 Å². The summed E-state index contributed by atoms with van der Waals surface area (Å²) in [6.07, 6.45) is 3.66. The molecular weight excluding hydrogens is 346 g/mol. The summed E-state index contributed by atoms with van der Waals surface area (Å²) in [6.45, 7) is 1.24. The number of hydrogen-bond acceptors (Lipinski definition) is 4. The summed E-state index contributed by atoms with van der Waals surface area (Å²) in [7, 11) is 1.60. The number of pyridine rings is 1. The summed E-state index contributed by atoms with van der Waals surface area (Å²) in [5, 5.41) is 2.76. The van der Waals surface area contributed by atoms with Gasteiger partial charge in [0, 0.05) is 37.8 Å². The molecule has 7 nitrogen and oxygen atoms in total. The molecule has 2 aliphatic heterocycles. The SMILES string of the molecule is Cn1cccc(C(=O)Nc2ccc3c(c2)N(C(=O)C2CCCO2)CC3)c1=O. The Morgan fingerprint density at radius 3 is 2.89 bits per heavy atom. The number of benzene rings is 1. The molecule has 2 amide bonds. The number of fused-ring (bicyclic) bond motifs is 1. The summed E-state index contributed by atoms with van der Waals surface area (Å²) >= 11 is 0. The molecule has 2 aliphatic rings. The monoisotopic (exact) mass is 367 g/mol. The normalized spacial score (nSPS) is 18.4. The summed E-state index contributed by atoms with van der Waals surface area (Å²) in [5.74, 6) is -0.488. The molecule has 1 unspecified atom stereocenters. The number of carbonyl (C=O) groups excluding carboxylic acids is 2. The molecule has 7 heteroatoms. The Balaban J connectivity index is 1.56. The fourth-order valence-electron chi connectivity index (χ4n) is 3.60. The van der Waals surface area contributed by atoms with E-state index >= 15 is 0 Å². The van der Waals surface area contributed by atoms with E-state index in [1.807, 2.05) is 6.07 Å². The number of aryl methyl sites for hydroxylation is 1. The van der Waals surface area contributed by atoms with Gasteiger partial charge >= 0.3 is 0 Å². The third-order valence-electron chi connectivity index (χ3n) is 5.08. The van der Waals surface area contributed by atoms with Crippen LogP contribution in [-0.4, -0.2) is 35.6 Å². The van der Waals surface area contributed by atoms with Crippen LogP contribution in [0.3, 0.4) is 0 Å². The van der Waals surface area contributed by atoms with E-state index in [0.29, 0.717) is 18.8 Å². The summed E-state index contributed by atoms with van der Waals surface area (Å²) in [5.41, 5.74) is 2.14. The van der Waals surface area contributed by atoms with Gasteiger partial charge in [-0.25, -0.2) is 0 Å². The van der Waals surface area contributed by atoms with Crippen LogP contribution in [-0.2, 0) is 23.0 Å². The molecule has 1 N–H and O–H groups in total. The Labute approximate surface area is 156 Å². The van der Waals surface area contributed by atoms with Crippen LogP contribution in [0.15, 0.2) is 41.3 Å². The Hall–Kier alpha value is -2.93. The van der Waals surface area contributed by atoms with Gasteiger partial charge in [0.05, 0.1) is 0 Å². The van der Waals surface area contributed by atoms with Crippen molar-refractivity contribution in [1.29, 1.82) is 0 Å². The molecule has 0 saturated carbocycles. The van der Waals surface area contributed by atoms with E-state index in [4.69, 9.17) is 4.74 Å². The van der Waals surface area contributed by atoms with Gasteiger partial charge in [0.25, 0.3) is 17.4 Å². The molecule has 1 atom stereocenters. The molecule has 2 aromatic rings.